The van der Waals surface area contributed by atoms with E-state index in [0.717, 1.165) is 42.9 Å². The Labute approximate surface area is 130 Å². The Morgan fingerprint density at radius 1 is 1.55 bits per heavy atom. The van der Waals surface area contributed by atoms with E-state index in [1.807, 2.05) is 18.8 Å². The van der Waals surface area contributed by atoms with Gasteiger partial charge in [-0.25, -0.2) is 0 Å². The summed E-state index contributed by atoms with van der Waals surface area (Å²) in [5.41, 5.74) is 2.73. The lowest BCUT2D eigenvalue weighted by Gasteiger charge is -2.24. The molecule has 0 saturated carbocycles. The summed E-state index contributed by atoms with van der Waals surface area (Å²) in [6.45, 7) is 3.77. The zero-order chi connectivity index (χ0) is 13.8. The predicted molar refractivity (Wildman–Crippen MR) is 85.8 cm³/mol. The van der Waals surface area contributed by atoms with E-state index >= 15 is 0 Å². The quantitative estimate of drug-likeness (QED) is 0.867. The van der Waals surface area contributed by atoms with Gasteiger partial charge in [-0.15, -0.1) is 12.4 Å². The number of H-pyrrole nitrogens is 1. The molecule has 2 heterocycles. The number of aromatic nitrogens is 2. The number of carbonyl (C=O) groups is 1. The molecule has 1 unspecified atom stereocenters. The predicted octanol–water partition coefficient (Wildman–Crippen LogP) is 1.69. The Hall–Kier alpha value is -0.720. The van der Waals surface area contributed by atoms with Crippen LogP contribution in [0.5, 0.6) is 0 Å². The fourth-order valence-electron chi connectivity index (χ4n) is 2.25. The molecule has 5 nitrogen and oxygen atoms in total. The number of amides is 1. The normalized spacial score (nSPS) is 15.2. The topological polar surface area (TPSA) is 61.0 Å². The Balaban J connectivity index is 0.00000200. The van der Waals surface area contributed by atoms with E-state index in [1.165, 1.54) is 0 Å². The van der Waals surface area contributed by atoms with Crippen LogP contribution in [0.15, 0.2) is 0 Å². The van der Waals surface area contributed by atoms with Crippen molar-refractivity contribution in [3.05, 3.63) is 17.0 Å². The number of nitrogens with zero attached hydrogens (tertiary/aromatic N) is 2. The van der Waals surface area contributed by atoms with Crippen LogP contribution in [0.1, 0.15) is 35.1 Å². The molecule has 0 bridgehead atoms. The minimum Gasteiger partial charge on any atom is -0.338 e. The van der Waals surface area contributed by atoms with E-state index in [4.69, 9.17) is 0 Å². The van der Waals surface area contributed by atoms with Crippen LogP contribution < -0.4 is 5.32 Å². The summed E-state index contributed by atoms with van der Waals surface area (Å²) >= 11 is 1.81. The van der Waals surface area contributed by atoms with Gasteiger partial charge in [0.05, 0.1) is 0 Å². The molecule has 1 aliphatic rings. The zero-order valence-corrected chi connectivity index (χ0v) is 13.9. The third kappa shape index (κ3) is 3.68. The van der Waals surface area contributed by atoms with Crippen LogP contribution in [-0.4, -0.2) is 52.6 Å². The fraction of sp³-hybridized carbons (Fsp3) is 0.692. The SMILES string of the molecule is CSCCC(C)N(C)C(=O)c1n[nH]c2c1CNCC2.Cl. The molecular weight excluding hydrogens is 296 g/mol. The molecule has 1 atom stereocenters. The Morgan fingerprint density at radius 3 is 3.00 bits per heavy atom. The molecule has 1 aliphatic heterocycles. The average Bonchev–Trinajstić information content (AvgIpc) is 2.87. The molecule has 0 radical (unpaired) electrons. The van der Waals surface area contributed by atoms with Gasteiger partial charge in [-0.2, -0.15) is 16.9 Å². The summed E-state index contributed by atoms with van der Waals surface area (Å²) < 4.78 is 0. The minimum atomic E-state index is 0. The highest BCUT2D eigenvalue weighted by Gasteiger charge is 2.25. The molecule has 0 spiro atoms. The number of carbonyl (C=O) groups excluding carboxylic acids is 1. The van der Waals surface area contributed by atoms with Crippen molar-refractivity contribution in [2.45, 2.75) is 32.4 Å². The van der Waals surface area contributed by atoms with Crippen molar-refractivity contribution in [3.63, 3.8) is 0 Å². The van der Waals surface area contributed by atoms with Gasteiger partial charge < -0.3 is 10.2 Å². The van der Waals surface area contributed by atoms with Crippen LogP contribution >= 0.6 is 24.2 Å². The van der Waals surface area contributed by atoms with Gasteiger partial charge in [0.2, 0.25) is 0 Å². The minimum absolute atomic E-state index is 0. The van der Waals surface area contributed by atoms with Gasteiger partial charge in [0.1, 0.15) is 0 Å². The average molecular weight is 319 g/mol. The van der Waals surface area contributed by atoms with Gasteiger partial charge in [-0.3, -0.25) is 9.89 Å². The van der Waals surface area contributed by atoms with Crippen molar-refractivity contribution in [1.29, 1.82) is 0 Å². The van der Waals surface area contributed by atoms with Gasteiger partial charge >= 0.3 is 0 Å². The summed E-state index contributed by atoms with van der Waals surface area (Å²) in [7, 11) is 1.87. The number of thioether (sulfide) groups is 1. The molecule has 2 rings (SSSR count). The highest BCUT2D eigenvalue weighted by Crippen LogP contribution is 2.18. The molecule has 0 aromatic carbocycles. The molecule has 2 N–H and O–H groups in total. The first-order valence-corrected chi connectivity index (χ1v) is 8.07. The molecule has 1 aromatic heterocycles. The van der Waals surface area contributed by atoms with Crippen LogP contribution in [0.2, 0.25) is 0 Å². The fourth-order valence-corrected chi connectivity index (χ4v) is 2.83. The van der Waals surface area contributed by atoms with Crippen molar-refractivity contribution in [2.75, 3.05) is 25.6 Å². The second-order valence-electron chi connectivity index (χ2n) is 5.00. The van der Waals surface area contributed by atoms with E-state index in [9.17, 15) is 4.79 Å². The van der Waals surface area contributed by atoms with Gasteiger partial charge in [-0.1, -0.05) is 0 Å². The van der Waals surface area contributed by atoms with Gasteiger partial charge in [0.15, 0.2) is 5.69 Å². The number of halogens is 1. The molecule has 0 saturated heterocycles. The Bertz CT molecular complexity index is 452. The van der Waals surface area contributed by atoms with Gasteiger partial charge in [-0.05, 0) is 25.4 Å². The maximum atomic E-state index is 12.5. The summed E-state index contributed by atoms with van der Waals surface area (Å²) in [5.74, 6) is 1.09. The van der Waals surface area contributed by atoms with E-state index in [0.29, 0.717) is 5.69 Å². The van der Waals surface area contributed by atoms with Crippen LogP contribution in [0.4, 0.5) is 0 Å². The van der Waals surface area contributed by atoms with E-state index in [2.05, 4.69) is 28.7 Å². The van der Waals surface area contributed by atoms with Crippen molar-refractivity contribution in [3.8, 4) is 0 Å². The smallest absolute Gasteiger partial charge is 0.274 e. The first kappa shape index (κ1) is 17.3. The summed E-state index contributed by atoms with van der Waals surface area (Å²) in [5, 5.41) is 10.5. The number of fused-ring (bicyclic) bond motifs is 1. The maximum absolute atomic E-state index is 12.5. The zero-order valence-electron chi connectivity index (χ0n) is 12.2. The van der Waals surface area contributed by atoms with Crippen LogP contribution in [0.25, 0.3) is 0 Å². The van der Waals surface area contributed by atoms with Crippen LogP contribution in [0.3, 0.4) is 0 Å². The summed E-state index contributed by atoms with van der Waals surface area (Å²) in [4.78, 5) is 14.3. The molecule has 114 valence electrons. The van der Waals surface area contributed by atoms with Crippen molar-refractivity contribution >= 4 is 30.1 Å². The molecule has 0 fully saturated rings. The van der Waals surface area contributed by atoms with E-state index in [-0.39, 0.29) is 24.4 Å². The van der Waals surface area contributed by atoms with Crippen molar-refractivity contribution < 1.29 is 4.79 Å². The van der Waals surface area contributed by atoms with Gasteiger partial charge in [0.25, 0.3) is 5.91 Å². The molecule has 7 heteroatoms. The first-order chi connectivity index (χ1) is 9.15. The maximum Gasteiger partial charge on any atom is 0.274 e. The summed E-state index contributed by atoms with van der Waals surface area (Å²) in [6.07, 6.45) is 4.01. The number of aromatic amines is 1. The molecule has 1 amide bonds. The molecule has 0 aliphatic carbocycles. The third-order valence-corrected chi connectivity index (χ3v) is 4.37. The van der Waals surface area contributed by atoms with Crippen molar-refractivity contribution in [1.82, 2.24) is 20.4 Å². The van der Waals surface area contributed by atoms with E-state index < -0.39 is 0 Å². The molecule has 1 aromatic rings. The lowest BCUT2D eigenvalue weighted by atomic mass is 10.1. The molecular formula is C13H23ClN4OS. The van der Waals surface area contributed by atoms with Crippen molar-refractivity contribution in [2.24, 2.45) is 0 Å². The lowest BCUT2D eigenvalue weighted by molar-refractivity contribution is 0.0734. The Kier molecular flexibility index (Phi) is 6.85. The monoisotopic (exact) mass is 318 g/mol. The highest BCUT2D eigenvalue weighted by atomic mass is 35.5. The second kappa shape index (κ2) is 7.90. The highest BCUT2D eigenvalue weighted by molar-refractivity contribution is 7.98. The Morgan fingerprint density at radius 2 is 2.30 bits per heavy atom. The number of hydrogen-bond donors (Lipinski definition) is 2. The van der Waals surface area contributed by atoms with Gasteiger partial charge in [0, 0.05) is 43.9 Å². The first-order valence-electron chi connectivity index (χ1n) is 6.68. The third-order valence-electron chi connectivity index (χ3n) is 3.73. The van der Waals surface area contributed by atoms with Crippen LogP contribution in [-0.2, 0) is 13.0 Å². The number of hydrogen-bond acceptors (Lipinski definition) is 4. The summed E-state index contributed by atoms with van der Waals surface area (Å²) in [6, 6.07) is 0.240. The molecule has 20 heavy (non-hydrogen) atoms. The number of nitrogens with one attached hydrogen (secondary N) is 2. The van der Waals surface area contributed by atoms with E-state index in [1.54, 1.807) is 4.90 Å². The largest absolute Gasteiger partial charge is 0.338 e. The second-order valence-corrected chi connectivity index (χ2v) is 5.99. The van der Waals surface area contributed by atoms with Crippen LogP contribution in [0, 0.1) is 0 Å². The number of rotatable bonds is 5. The standard InChI is InChI=1S/C13H22N4OS.ClH/c1-9(5-7-19-3)17(2)13(18)12-10-8-14-6-4-11(10)15-16-12;/h9,14H,4-8H2,1-3H3,(H,15,16);1H. The lowest BCUT2D eigenvalue weighted by Crippen LogP contribution is -2.36.